The largest absolute Gasteiger partial charge is 0.391 e. The molecule has 0 amide bonds. The molecule has 1 N–H and O–H groups in total. The van der Waals surface area contributed by atoms with Gasteiger partial charge in [0.25, 0.3) is 0 Å². The Kier molecular flexibility index (Phi) is 3.73. The van der Waals surface area contributed by atoms with Crippen LogP contribution in [0, 0.1) is 23.0 Å². The Morgan fingerprint density at radius 1 is 1.27 bits per heavy atom. The molecule has 2 aromatic rings. The molecule has 1 aliphatic rings. The van der Waals surface area contributed by atoms with Crippen molar-refractivity contribution in [3.63, 3.8) is 0 Å². The molecule has 0 aliphatic carbocycles. The second-order valence-corrected chi connectivity index (χ2v) is 5.24. The van der Waals surface area contributed by atoms with E-state index in [1.165, 1.54) is 6.20 Å². The average molecular weight is 301 g/mol. The molecule has 1 fully saturated rings. The number of aromatic nitrogens is 1. The third-order valence-corrected chi connectivity index (χ3v) is 3.76. The Hall–Kier alpha value is -2.52. The van der Waals surface area contributed by atoms with Crippen LogP contribution in [-0.2, 0) is 0 Å². The Labute approximate surface area is 126 Å². The zero-order chi connectivity index (χ0) is 15.7. The van der Waals surface area contributed by atoms with Gasteiger partial charge in [0.2, 0.25) is 0 Å². The summed E-state index contributed by atoms with van der Waals surface area (Å²) in [5, 5.41) is 18.9. The summed E-state index contributed by atoms with van der Waals surface area (Å²) in [4.78, 5) is 5.88. The molecule has 1 saturated heterocycles. The van der Waals surface area contributed by atoms with Crippen molar-refractivity contribution in [2.24, 2.45) is 0 Å². The van der Waals surface area contributed by atoms with Gasteiger partial charge in [-0.2, -0.15) is 5.26 Å². The quantitative estimate of drug-likeness (QED) is 0.926. The van der Waals surface area contributed by atoms with Crippen molar-refractivity contribution in [2.75, 3.05) is 11.4 Å². The van der Waals surface area contributed by atoms with Gasteiger partial charge < -0.3 is 10.0 Å². The minimum absolute atomic E-state index is 0.181. The minimum Gasteiger partial charge on any atom is -0.391 e. The molecule has 0 unspecified atom stereocenters. The number of β-amino-alcohol motifs (C(OH)–C–C–N with tert-alkyl or cyclic N) is 1. The van der Waals surface area contributed by atoms with Crippen LogP contribution in [0.3, 0.4) is 0 Å². The molecular formula is C16H13F2N3O. The molecule has 112 valence electrons. The maximum atomic E-state index is 14.0. The third kappa shape index (κ3) is 2.63. The Balaban J connectivity index is 2.02. The van der Waals surface area contributed by atoms with E-state index < -0.39 is 23.8 Å². The van der Waals surface area contributed by atoms with Gasteiger partial charge in [0.15, 0.2) is 0 Å². The van der Waals surface area contributed by atoms with Gasteiger partial charge in [0.1, 0.15) is 17.5 Å². The third-order valence-electron chi connectivity index (χ3n) is 3.76. The van der Waals surface area contributed by atoms with Crippen molar-refractivity contribution in [3.05, 3.63) is 59.3 Å². The summed E-state index contributed by atoms with van der Waals surface area (Å²) in [6, 6.07) is 7.90. The van der Waals surface area contributed by atoms with Crippen molar-refractivity contribution in [2.45, 2.75) is 18.6 Å². The summed E-state index contributed by atoms with van der Waals surface area (Å²) >= 11 is 0. The lowest BCUT2D eigenvalue weighted by Gasteiger charge is -2.26. The summed E-state index contributed by atoms with van der Waals surface area (Å²) in [7, 11) is 0. The number of pyridine rings is 1. The molecule has 6 heteroatoms. The van der Waals surface area contributed by atoms with Gasteiger partial charge in [-0.1, -0.05) is 0 Å². The van der Waals surface area contributed by atoms with E-state index in [1.54, 1.807) is 17.0 Å². The maximum absolute atomic E-state index is 14.0. The Bertz CT molecular complexity index is 744. The smallest absolute Gasteiger partial charge is 0.130 e. The summed E-state index contributed by atoms with van der Waals surface area (Å²) in [6.45, 7) is 0.252. The van der Waals surface area contributed by atoms with Crippen molar-refractivity contribution in [1.29, 1.82) is 5.26 Å². The summed E-state index contributed by atoms with van der Waals surface area (Å²) in [5.41, 5.74) is 0.602. The molecule has 0 saturated carbocycles. The first kappa shape index (κ1) is 14.4. The highest BCUT2D eigenvalue weighted by atomic mass is 19.1. The van der Waals surface area contributed by atoms with Crippen molar-refractivity contribution in [3.8, 4) is 6.07 Å². The number of hydrogen-bond donors (Lipinski definition) is 1. The fourth-order valence-corrected chi connectivity index (χ4v) is 2.78. The average Bonchev–Trinajstić information content (AvgIpc) is 2.91. The van der Waals surface area contributed by atoms with Crippen molar-refractivity contribution < 1.29 is 13.9 Å². The Morgan fingerprint density at radius 2 is 2.09 bits per heavy atom. The van der Waals surface area contributed by atoms with Gasteiger partial charge in [0, 0.05) is 18.3 Å². The van der Waals surface area contributed by atoms with Crippen molar-refractivity contribution in [1.82, 2.24) is 4.98 Å². The Morgan fingerprint density at radius 3 is 2.86 bits per heavy atom. The molecule has 0 bridgehead atoms. The van der Waals surface area contributed by atoms with Gasteiger partial charge >= 0.3 is 0 Å². The topological polar surface area (TPSA) is 60.2 Å². The number of anilines is 1. The standard InChI is InChI=1S/C16H13F2N3O/c17-11-1-2-14(18)13(6-11)15-7-12(22)9-21(15)16-5-10(8-19)3-4-20-16/h1-6,12,15,22H,7,9H2/t12-,15+/m0/s1. The van der Waals surface area contributed by atoms with Crippen LogP contribution in [0.2, 0.25) is 0 Å². The summed E-state index contributed by atoms with van der Waals surface area (Å²) in [5.74, 6) is -0.595. The summed E-state index contributed by atoms with van der Waals surface area (Å²) in [6.07, 6.45) is 1.09. The van der Waals surface area contributed by atoms with E-state index in [-0.39, 0.29) is 18.5 Å². The van der Waals surface area contributed by atoms with Gasteiger partial charge in [-0.25, -0.2) is 13.8 Å². The van der Waals surface area contributed by atoms with Crippen LogP contribution in [0.1, 0.15) is 23.6 Å². The number of hydrogen-bond acceptors (Lipinski definition) is 4. The molecule has 0 spiro atoms. The minimum atomic E-state index is -0.666. The zero-order valence-corrected chi connectivity index (χ0v) is 11.6. The van der Waals surface area contributed by atoms with Crippen LogP contribution in [0.4, 0.5) is 14.6 Å². The first-order valence-corrected chi connectivity index (χ1v) is 6.84. The van der Waals surface area contributed by atoms with Gasteiger partial charge in [-0.3, -0.25) is 0 Å². The predicted octanol–water partition coefficient (Wildman–Crippen LogP) is 2.54. The monoisotopic (exact) mass is 301 g/mol. The molecule has 4 nitrogen and oxygen atoms in total. The number of aliphatic hydroxyl groups is 1. The zero-order valence-electron chi connectivity index (χ0n) is 11.6. The molecule has 2 atom stereocenters. The van der Waals surface area contributed by atoms with E-state index in [1.807, 2.05) is 6.07 Å². The highest BCUT2D eigenvalue weighted by molar-refractivity contribution is 5.49. The second kappa shape index (κ2) is 5.70. The fraction of sp³-hybridized carbons (Fsp3) is 0.250. The SMILES string of the molecule is N#Cc1ccnc(N2C[C@@H](O)C[C@@H]2c2cc(F)ccc2F)c1. The van der Waals surface area contributed by atoms with Gasteiger partial charge in [0.05, 0.1) is 23.8 Å². The number of rotatable bonds is 2. The van der Waals surface area contributed by atoms with Crippen LogP contribution >= 0.6 is 0 Å². The lowest BCUT2D eigenvalue weighted by molar-refractivity contribution is 0.194. The number of benzene rings is 1. The molecule has 1 aromatic carbocycles. The van der Waals surface area contributed by atoms with E-state index in [0.717, 1.165) is 18.2 Å². The molecule has 2 heterocycles. The van der Waals surface area contributed by atoms with Gasteiger partial charge in [-0.05, 0) is 36.8 Å². The van der Waals surface area contributed by atoms with Crippen LogP contribution in [0.5, 0.6) is 0 Å². The molecule has 0 radical (unpaired) electrons. The highest BCUT2D eigenvalue weighted by Gasteiger charge is 2.34. The van der Waals surface area contributed by atoms with Crippen molar-refractivity contribution >= 4 is 5.82 Å². The molecule has 3 rings (SSSR count). The lowest BCUT2D eigenvalue weighted by atomic mass is 10.0. The van der Waals surface area contributed by atoms with E-state index in [9.17, 15) is 13.9 Å². The number of nitriles is 1. The normalized spacial score (nSPS) is 20.9. The molecule has 22 heavy (non-hydrogen) atoms. The fourth-order valence-electron chi connectivity index (χ4n) is 2.78. The number of aliphatic hydroxyl groups excluding tert-OH is 1. The van der Waals surface area contributed by atoms with Crippen LogP contribution in [0.15, 0.2) is 36.5 Å². The number of halogens is 2. The second-order valence-electron chi connectivity index (χ2n) is 5.24. The number of nitrogens with zero attached hydrogens (tertiary/aromatic N) is 3. The molecular weight excluding hydrogens is 288 g/mol. The molecule has 1 aromatic heterocycles. The van der Waals surface area contributed by atoms with Crippen LogP contribution in [0.25, 0.3) is 0 Å². The van der Waals surface area contributed by atoms with E-state index in [2.05, 4.69) is 4.98 Å². The van der Waals surface area contributed by atoms with Crippen LogP contribution in [-0.4, -0.2) is 22.7 Å². The predicted molar refractivity (Wildman–Crippen MR) is 76.0 cm³/mol. The maximum Gasteiger partial charge on any atom is 0.130 e. The first-order valence-electron chi connectivity index (χ1n) is 6.84. The van der Waals surface area contributed by atoms with E-state index in [4.69, 9.17) is 5.26 Å². The van der Waals surface area contributed by atoms with Gasteiger partial charge in [-0.15, -0.1) is 0 Å². The van der Waals surface area contributed by atoms with Crippen LogP contribution < -0.4 is 4.90 Å². The highest BCUT2D eigenvalue weighted by Crippen LogP contribution is 2.36. The lowest BCUT2D eigenvalue weighted by Crippen LogP contribution is -2.25. The van der Waals surface area contributed by atoms with E-state index >= 15 is 0 Å². The summed E-state index contributed by atoms with van der Waals surface area (Å²) < 4.78 is 27.5. The molecule has 1 aliphatic heterocycles. The first-order chi connectivity index (χ1) is 10.6. The van der Waals surface area contributed by atoms with E-state index in [0.29, 0.717) is 11.4 Å².